The number of fused-ring (bicyclic) bond motifs is 1. The summed E-state index contributed by atoms with van der Waals surface area (Å²) in [6, 6.07) is 4.01. The van der Waals surface area contributed by atoms with Gasteiger partial charge >= 0.3 is 0 Å². The van der Waals surface area contributed by atoms with Gasteiger partial charge in [0.15, 0.2) is 5.65 Å². The van der Waals surface area contributed by atoms with E-state index in [0.29, 0.717) is 6.54 Å². The highest BCUT2D eigenvalue weighted by atomic mass is 16.5. The number of hydrogen-bond donors (Lipinski definition) is 2. The number of imidazole rings is 1. The molecule has 3 N–H and O–H groups in total. The smallest absolute Gasteiger partial charge is 0.179 e. The molecule has 108 valence electrons. The first kappa shape index (κ1) is 13.3. The molecule has 0 aliphatic carbocycles. The highest BCUT2D eigenvalue weighted by Gasteiger charge is 2.36. The van der Waals surface area contributed by atoms with Crippen LogP contribution in [-0.2, 0) is 10.2 Å². The Balaban J connectivity index is 2.03. The Bertz CT molecular complexity index is 601. The molecule has 0 amide bonds. The van der Waals surface area contributed by atoms with Gasteiger partial charge in [0.2, 0.25) is 0 Å². The van der Waals surface area contributed by atoms with Gasteiger partial charge in [-0.15, -0.1) is 0 Å². The summed E-state index contributed by atoms with van der Waals surface area (Å²) in [5.74, 6) is 1.85. The van der Waals surface area contributed by atoms with Crippen LogP contribution in [0.4, 0.5) is 5.82 Å². The number of ether oxygens (including phenoxy) is 1. The Morgan fingerprint density at radius 3 is 2.70 bits per heavy atom. The highest BCUT2D eigenvalue weighted by Crippen LogP contribution is 2.33. The van der Waals surface area contributed by atoms with E-state index in [0.717, 1.165) is 48.9 Å². The summed E-state index contributed by atoms with van der Waals surface area (Å²) in [6.07, 6.45) is 1.81. The molecule has 0 atom stereocenters. The predicted molar refractivity (Wildman–Crippen MR) is 79.0 cm³/mol. The van der Waals surface area contributed by atoms with Gasteiger partial charge in [0, 0.05) is 39.3 Å². The van der Waals surface area contributed by atoms with E-state index in [1.54, 1.807) is 0 Å². The second-order valence-electron chi connectivity index (χ2n) is 5.62. The topological polar surface area (TPSA) is 80.1 Å². The SMILES string of the molecule is CN(C)c1ccc2[nH]c(C3(CN)CCOCC3)nc2n1. The van der Waals surface area contributed by atoms with Crippen molar-refractivity contribution in [3.63, 3.8) is 0 Å². The molecule has 0 spiro atoms. The Labute approximate surface area is 118 Å². The summed E-state index contributed by atoms with van der Waals surface area (Å²) in [7, 11) is 3.95. The fourth-order valence-electron chi connectivity index (χ4n) is 2.68. The summed E-state index contributed by atoms with van der Waals surface area (Å²) in [6.45, 7) is 2.06. The number of anilines is 1. The predicted octanol–water partition coefficient (Wildman–Crippen LogP) is 1.03. The molecule has 6 heteroatoms. The van der Waals surface area contributed by atoms with Crippen LogP contribution in [0.15, 0.2) is 12.1 Å². The molecular weight excluding hydrogens is 254 g/mol. The van der Waals surface area contributed by atoms with Crippen LogP contribution in [0.25, 0.3) is 11.2 Å². The van der Waals surface area contributed by atoms with Crippen molar-refractivity contribution in [2.24, 2.45) is 5.73 Å². The zero-order valence-electron chi connectivity index (χ0n) is 12.0. The van der Waals surface area contributed by atoms with Crippen LogP contribution in [-0.4, -0.2) is 48.8 Å². The quantitative estimate of drug-likeness (QED) is 0.874. The van der Waals surface area contributed by atoms with Crippen LogP contribution in [0.1, 0.15) is 18.7 Å². The van der Waals surface area contributed by atoms with Gasteiger partial charge in [-0.25, -0.2) is 9.97 Å². The molecule has 1 saturated heterocycles. The molecule has 0 aromatic carbocycles. The lowest BCUT2D eigenvalue weighted by Gasteiger charge is -2.34. The largest absolute Gasteiger partial charge is 0.381 e. The standard InChI is InChI=1S/C14H21N5O/c1-19(2)11-4-3-10-12(17-11)18-13(16-10)14(9-15)5-7-20-8-6-14/h3-4H,5-9,15H2,1-2H3,(H,16,17,18). The average Bonchev–Trinajstić information content (AvgIpc) is 2.91. The van der Waals surface area contributed by atoms with E-state index in [9.17, 15) is 0 Å². The Morgan fingerprint density at radius 2 is 2.05 bits per heavy atom. The van der Waals surface area contributed by atoms with Crippen molar-refractivity contribution in [3.05, 3.63) is 18.0 Å². The number of H-pyrrole nitrogens is 1. The third-order valence-corrected chi connectivity index (χ3v) is 4.13. The molecule has 2 aromatic rings. The van der Waals surface area contributed by atoms with Gasteiger partial charge in [-0.3, -0.25) is 0 Å². The lowest BCUT2D eigenvalue weighted by molar-refractivity contribution is 0.0503. The first-order valence-corrected chi connectivity index (χ1v) is 6.97. The molecule has 1 aliphatic rings. The van der Waals surface area contributed by atoms with E-state index >= 15 is 0 Å². The van der Waals surface area contributed by atoms with E-state index in [-0.39, 0.29) is 5.41 Å². The maximum Gasteiger partial charge on any atom is 0.179 e. The second-order valence-corrected chi connectivity index (χ2v) is 5.62. The number of nitrogens with two attached hydrogens (primary N) is 1. The lowest BCUT2D eigenvalue weighted by Crippen LogP contribution is -2.41. The number of nitrogens with zero attached hydrogens (tertiary/aromatic N) is 3. The van der Waals surface area contributed by atoms with Crippen molar-refractivity contribution in [2.45, 2.75) is 18.3 Å². The van der Waals surface area contributed by atoms with Gasteiger partial charge in [0.1, 0.15) is 11.6 Å². The molecule has 3 rings (SSSR count). The summed E-state index contributed by atoms with van der Waals surface area (Å²) in [5.41, 5.74) is 7.64. The van der Waals surface area contributed by atoms with Crippen molar-refractivity contribution in [1.29, 1.82) is 0 Å². The number of nitrogens with one attached hydrogen (secondary N) is 1. The number of hydrogen-bond acceptors (Lipinski definition) is 5. The minimum atomic E-state index is -0.1000. The monoisotopic (exact) mass is 275 g/mol. The number of aromatic nitrogens is 3. The van der Waals surface area contributed by atoms with Crippen molar-refractivity contribution in [3.8, 4) is 0 Å². The van der Waals surface area contributed by atoms with Gasteiger partial charge in [0.25, 0.3) is 0 Å². The minimum absolute atomic E-state index is 0.1000. The molecule has 0 bridgehead atoms. The number of rotatable bonds is 3. The van der Waals surface area contributed by atoms with Crippen molar-refractivity contribution >= 4 is 17.0 Å². The van der Waals surface area contributed by atoms with Crippen LogP contribution in [0, 0.1) is 0 Å². The molecule has 0 unspecified atom stereocenters. The van der Waals surface area contributed by atoms with Crippen LogP contribution in [0.5, 0.6) is 0 Å². The highest BCUT2D eigenvalue weighted by molar-refractivity contribution is 5.73. The third kappa shape index (κ3) is 2.14. The maximum absolute atomic E-state index is 6.03. The third-order valence-electron chi connectivity index (χ3n) is 4.13. The van der Waals surface area contributed by atoms with Gasteiger partial charge in [0.05, 0.1) is 5.52 Å². The molecule has 1 fully saturated rings. The molecule has 6 nitrogen and oxygen atoms in total. The van der Waals surface area contributed by atoms with Crippen LogP contribution >= 0.6 is 0 Å². The zero-order chi connectivity index (χ0) is 14.2. The molecular formula is C14H21N5O. The first-order chi connectivity index (χ1) is 9.64. The summed E-state index contributed by atoms with van der Waals surface area (Å²) in [5, 5.41) is 0. The van der Waals surface area contributed by atoms with E-state index in [1.165, 1.54) is 0 Å². The van der Waals surface area contributed by atoms with Crippen molar-refractivity contribution < 1.29 is 4.74 Å². The summed E-state index contributed by atoms with van der Waals surface area (Å²) in [4.78, 5) is 14.6. The molecule has 3 heterocycles. The van der Waals surface area contributed by atoms with Crippen LogP contribution in [0.2, 0.25) is 0 Å². The molecule has 0 saturated carbocycles. The van der Waals surface area contributed by atoms with Crippen molar-refractivity contribution in [1.82, 2.24) is 15.0 Å². The minimum Gasteiger partial charge on any atom is -0.381 e. The Morgan fingerprint density at radius 1 is 1.30 bits per heavy atom. The fraction of sp³-hybridized carbons (Fsp3) is 0.571. The second kappa shape index (κ2) is 5.03. The Kier molecular flexibility index (Phi) is 3.35. The average molecular weight is 275 g/mol. The molecule has 2 aromatic heterocycles. The van der Waals surface area contributed by atoms with Gasteiger partial charge in [-0.1, -0.05) is 0 Å². The van der Waals surface area contributed by atoms with Crippen molar-refractivity contribution in [2.75, 3.05) is 38.8 Å². The van der Waals surface area contributed by atoms with Gasteiger partial charge in [-0.05, 0) is 25.0 Å². The van der Waals surface area contributed by atoms with Gasteiger partial charge < -0.3 is 20.4 Å². The van der Waals surface area contributed by atoms with Gasteiger partial charge in [-0.2, -0.15) is 0 Å². The Hall–Kier alpha value is -1.66. The van der Waals surface area contributed by atoms with E-state index < -0.39 is 0 Å². The van der Waals surface area contributed by atoms with E-state index in [2.05, 4.69) is 9.97 Å². The lowest BCUT2D eigenvalue weighted by atomic mass is 9.79. The van der Waals surface area contributed by atoms with Crippen LogP contribution in [0.3, 0.4) is 0 Å². The number of pyridine rings is 1. The van der Waals surface area contributed by atoms with Crippen LogP contribution < -0.4 is 10.6 Å². The normalized spacial score (nSPS) is 18.4. The summed E-state index contributed by atoms with van der Waals surface area (Å²) < 4.78 is 5.45. The molecule has 20 heavy (non-hydrogen) atoms. The zero-order valence-corrected chi connectivity index (χ0v) is 12.0. The summed E-state index contributed by atoms with van der Waals surface area (Å²) >= 11 is 0. The fourth-order valence-corrected chi connectivity index (χ4v) is 2.68. The van der Waals surface area contributed by atoms with E-state index in [1.807, 2.05) is 31.1 Å². The molecule has 1 aliphatic heterocycles. The van der Waals surface area contributed by atoms with E-state index in [4.69, 9.17) is 15.5 Å². The maximum atomic E-state index is 6.03. The first-order valence-electron chi connectivity index (χ1n) is 6.97. The molecule has 0 radical (unpaired) electrons. The number of aromatic amines is 1.